The molecule has 256 valence electrons. The van der Waals surface area contributed by atoms with Crippen LogP contribution in [0.2, 0.25) is 0 Å². The maximum Gasteiger partial charge on any atom is 0.410 e. The summed E-state index contributed by atoms with van der Waals surface area (Å²) in [6.45, 7) is 8.87. The lowest BCUT2D eigenvalue weighted by Gasteiger charge is -2.28. The zero-order valence-corrected chi connectivity index (χ0v) is 31.8. The van der Waals surface area contributed by atoms with Gasteiger partial charge in [0.05, 0.1) is 26.4 Å². The van der Waals surface area contributed by atoms with Gasteiger partial charge in [0.2, 0.25) is 0 Å². The quantitative estimate of drug-likeness (QED) is 0.222. The molecule has 4 heterocycles. The van der Waals surface area contributed by atoms with E-state index in [0.29, 0.717) is 35.7 Å². The number of ether oxygens (including phenoxy) is 5. The molecule has 0 radical (unpaired) electrons. The van der Waals surface area contributed by atoms with Crippen LogP contribution in [-0.4, -0.2) is 92.4 Å². The Balaban J connectivity index is 0.000000451. The molecule has 1 amide bonds. The number of likely N-dealkylation sites (tertiary alicyclic amines) is 1. The largest absolute Gasteiger partial charge is 0.486 e. The standard InChI is InChI=1S/C17H24FIN2O4.C12H16FIN2O2.2ClH/c1-17(2,3)25-16(22)21-8-11(9-23-4)7-12(21)10-24-14-13(19)5-6-20-15(14)18;1-17-6-8-4-9(16-5-8)7-18-11-10(14)2-3-15-12(11)13;;/h5-6,11-12H,7-10H2,1-4H3;2-3,8-9,16H,4-7H2,1H3;2*1H/t11-,12-;8-,9-;;/m00../s1. The zero-order valence-electron chi connectivity index (χ0n) is 25.9. The van der Waals surface area contributed by atoms with Gasteiger partial charge in [-0.15, -0.1) is 24.8 Å². The molecular weight excluding hydrogens is 863 g/mol. The number of hydrogen-bond acceptors (Lipinski definition) is 9. The minimum Gasteiger partial charge on any atom is -0.486 e. The second kappa shape index (κ2) is 20.3. The summed E-state index contributed by atoms with van der Waals surface area (Å²) in [5.41, 5.74) is -0.577. The maximum atomic E-state index is 13.8. The smallest absolute Gasteiger partial charge is 0.410 e. The van der Waals surface area contributed by atoms with E-state index in [1.165, 1.54) is 12.4 Å². The van der Waals surface area contributed by atoms with Crippen LogP contribution in [0.25, 0.3) is 0 Å². The van der Waals surface area contributed by atoms with Gasteiger partial charge < -0.3 is 33.9 Å². The van der Waals surface area contributed by atoms with Crippen LogP contribution in [0.15, 0.2) is 24.5 Å². The van der Waals surface area contributed by atoms with E-state index in [2.05, 4.69) is 15.3 Å². The number of pyridine rings is 2. The van der Waals surface area contributed by atoms with Crippen LogP contribution in [0.3, 0.4) is 0 Å². The summed E-state index contributed by atoms with van der Waals surface area (Å²) in [5.74, 6) is -0.127. The second-order valence-electron chi connectivity index (χ2n) is 11.5. The number of carbonyl (C=O) groups is 1. The van der Waals surface area contributed by atoms with Crippen LogP contribution in [0.5, 0.6) is 11.5 Å². The van der Waals surface area contributed by atoms with Crippen molar-refractivity contribution >= 4 is 76.1 Å². The molecule has 0 saturated carbocycles. The summed E-state index contributed by atoms with van der Waals surface area (Å²) in [4.78, 5) is 21.3. The predicted octanol–water partition coefficient (Wildman–Crippen LogP) is 6.15. The Morgan fingerprint density at radius 1 is 0.911 bits per heavy atom. The number of amides is 1. The van der Waals surface area contributed by atoms with E-state index >= 15 is 0 Å². The molecule has 10 nitrogen and oxygen atoms in total. The maximum absolute atomic E-state index is 13.8. The van der Waals surface area contributed by atoms with Crippen molar-refractivity contribution in [2.45, 2.75) is 51.3 Å². The molecule has 16 heteroatoms. The van der Waals surface area contributed by atoms with Crippen molar-refractivity contribution in [3.63, 3.8) is 0 Å². The lowest BCUT2D eigenvalue weighted by molar-refractivity contribution is 0.0177. The predicted molar refractivity (Wildman–Crippen MR) is 188 cm³/mol. The summed E-state index contributed by atoms with van der Waals surface area (Å²) >= 11 is 4.04. The SMILES string of the molecule is COC[C@@H]1CN[C@H](COc2c(I)ccnc2F)C1.COC[C@H]1C[C@@H](COc2c(I)ccnc2F)N(C(=O)OC(C)(C)C)C1.Cl.Cl. The Labute approximate surface area is 303 Å². The Bertz CT molecular complexity index is 1160. The molecule has 2 saturated heterocycles. The van der Waals surface area contributed by atoms with Crippen molar-refractivity contribution in [1.29, 1.82) is 0 Å². The number of hydrogen-bond donors (Lipinski definition) is 1. The fourth-order valence-corrected chi connectivity index (χ4v) is 5.96. The van der Waals surface area contributed by atoms with Gasteiger partial charge in [-0.25, -0.2) is 14.8 Å². The van der Waals surface area contributed by atoms with E-state index in [-0.39, 0.29) is 67.0 Å². The number of rotatable bonds is 10. The normalized spacial score (nSPS) is 20.8. The Morgan fingerprint density at radius 2 is 1.44 bits per heavy atom. The number of methoxy groups -OCH3 is 2. The van der Waals surface area contributed by atoms with Gasteiger partial charge in [-0.2, -0.15) is 8.78 Å². The lowest BCUT2D eigenvalue weighted by Crippen LogP contribution is -2.42. The molecule has 2 fully saturated rings. The summed E-state index contributed by atoms with van der Waals surface area (Å²) in [7, 11) is 3.34. The van der Waals surface area contributed by atoms with Crippen LogP contribution in [0, 0.1) is 30.9 Å². The number of nitrogens with one attached hydrogen (secondary N) is 1. The van der Waals surface area contributed by atoms with Gasteiger partial charge >= 0.3 is 6.09 Å². The summed E-state index contributed by atoms with van der Waals surface area (Å²) in [6, 6.07) is 3.45. The van der Waals surface area contributed by atoms with Gasteiger partial charge in [0, 0.05) is 51.7 Å². The summed E-state index contributed by atoms with van der Waals surface area (Å²) in [6.07, 6.45) is 4.15. The molecule has 0 aliphatic carbocycles. The van der Waals surface area contributed by atoms with Crippen LogP contribution < -0.4 is 14.8 Å². The number of aromatic nitrogens is 2. The molecular formula is C29H42Cl2F2I2N4O6. The van der Waals surface area contributed by atoms with E-state index < -0.39 is 17.5 Å². The highest BCUT2D eigenvalue weighted by molar-refractivity contribution is 14.1. The fourth-order valence-electron chi connectivity index (χ4n) is 4.89. The third-order valence-corrected chi connectivity index (χ3v) is 8.42. The number of carbonyl (C=O) groups excluding carboxylic acids is 1. The molecule has 0 aromatic carbocycles. The zero-order chi connectivity index (χ0) is 31.6. The van der Waals surface area contributed by atoms with Crippen molar-refractivity contribution in [2.24, 2.45) is 11.8 Å². The van der Waals surface area contributed by atoms with Gasteiger partial charge in [-0.1, -0.05) is 0 Å². The third kappa shape index (κ3) is 13.5. The first-order chi connectivity index (χ1) is 20.4. The van der Waals surface area contributed by atoms with Gasteiger partial charge in [-0.3, -0.25) is 0 Å². The highest BCUT2D eigenvalue weighted by Gasteiger charge is 2.38. The molecule has 2 aromatic rings. The van der Waals surface area contributed by atoms with Crippen LogP contribution >= 0.6 is 70.0 Å². The van der Waals surface area contributed by atoms with Crippen LogP contribution in [-0.2, 0) is 14.2 Å². The van der Waals surface area contributed by atoms with Gasteiger partial charge in [-0.05, 0) is 96.8 Å². The number of nitrogens with zero attached hydrogens (tertiary/aromatic N) is 3. The van der Waals surface area contributed by atoms with Crippen molar-refractivity contribution in [3.05, 3.63) is 43.6 Å². The molecule has 2 aromatic heterocycles. The van der Waals surface area contributed by atoms with Gasteiger partial charge in [0.25, 0.3) is 11.9 Å². The van der Waals surface area contributed by atoms with E-state index in [1.54, 1.807) is 31.3 Å². The highest BCUT2D eigenvalue weighted by atomic mass is 127. The Kier molecular flexibility index (Phi) is 19.0. The van der Waals surface area contributed by atoms with E-state index in [4.69, 9.17) is 23.7 Å². The average Bonchev–Trinajstić information content (AvgIpc) is 3.55. The van der Waals surface area contributed by atoms with Crippen molar-refractivity contribution < 1.29 is 37.3 Å². The summed E-state index contributed by atoms with van der Waals surface area (Å²) < 4.78 is 55.7. The van der Waals surface area contributed by atoms with Crippen molar-refractivity contribution in [1.82, 2.24) is 20.2 Å². The Hall–Kier alpha value is -1.05. The lowest BCUT2D eigenvalue weighted by atomic mass is 10.1. The molecule has 1 N–H and O–H groups in total. The number of halogens is 6. The molecule has 0 spiro atoms. The van der Waals surface area contributed by atoms with E-state index in [1.807, 2.05) is 66.0 Å². The first-order valence-corrected chi connectivity index (χ1v) is 16.1. The van der Waals surface area contributed by atoms with Crippen LogP contribution in [0.4, 0.5) is 13.6 Å². The summed E-state index contributed by atoms with van der Waals surface area (Å²) in [5, 5.41) is 3.35. The molecule has 4 rings (SSSR count). The average molecular weight is 905 g/mol. The minimum absolute atomic E-state index is 0. The molecule has 2 aliphatic rings. The monoisotopic (exact) mass is 904 g/mol. The molecule has 0 bridgehead atoms. The van der Waals surface area contributed by atoms with E-state index in [9.17, 15) is 13.6 Å². The topological polar surface area (TPSA) is 104 Å². The van der Waals surface area contributed by atoms with Crippen molar-refractivity contribution in [3.8, 4) is 11.5 Å². The second-order valence-corrected chi connectivity index (χ2v) is 13.8. The van der Waals surface area contributed by atoms with E-state index in [0.717, 1.165) is 23.1 Å². The third-order valence-electron chi connectivity index (χ3n) is 6.72. The molecule has 2 aliphatic heterocycles. The first-order valence-electron chi connectivity index (χ1n) is 14.0. The van der Waals surface area contributed by atoms with Gasteiger partial charge in [0.1, 0.15) is 18.8 Å². The molecule has 4 atom stereocenters. The Morgan fingerprint density at radius 3 is 1.96 bits per heavy atom. The first kappa shape index (κ1) is 42.0. The molecule has 45 heavy (non-hydrogen) atoms. The molecule has 0 unspecified atom stereocenters. The fraction of sp³-hybridized carbons (Fsp3) is 0.621. The highest BCUT2D eigenvalue weighted by Crippen LogP contribution is 2.29. The minimum atomic E-state index is -0.651. The van der Waals surface area contributed by atoms with Crippen LogP contribution in [0.1, 0.15) is 33.6 Å². The van der Waals surface area contributed by atoms with Gasteiger partial charge in [0.15, 0.2) is 11.5 Å². The van der Waals surface area contributed by atoms with Crippen molar-refractivity contribution in [2.75, 3.05) is 53.7 Å².